The Balaban J connectivity index is 1.67. The van der Waals surface area contributed by atoms with Gasteiger partial charge in [0.1, 0.15) is 0 Å². The van der Waals surface area contributed by atoms with E-state index in [-0.39, 0.29) is 11.2 Å². The van der Waals surface area contributed by atoms with E-state index in [2.05, 4.69) is 13.8 Å². The van der Waals surface area contributed by atoms with Crippen LogP contribution in [0.25, 0.3) is 0 Å². The van der Waals surface area contributed by atoms with Gasteiger partial charge in [0, 0.05) is 6.42 Å². The van der Waals surface area contributed by atoms with Crippen LogP contribution in [0.5, 0.6) is 0 Å². The summed E-state index contributed by atoms with van der Waals surface area (Å²) in [5.74, 6) is 2.77. The largest absolute Gasteiger partial charge is 0.390 e. The molecule has 6 atom stereocenters. The molecular weight excluding hydrogens is 296 g/mol. The first-order valence-electron chi connectivity index (χ1n) is 8.99. The van der Waals surface area contributed by atoms with Gasteiger partial charge in [0.15, 0.2) is 5.78 Å². The molecule has 4 aliphatic rings. The van der Waals surface area contributed by atoms with Gasteiger partial charge in [-0.15, -0.1) is 0 Å². The standard InChI is InChI=1S/C19H27ClO2/c1-18-9-7-12-11-5-6-16(21)17(20)14(11)4-3-13(12)15(18)8-10-19(18,2)22/h11-13,15,22H,3-10H2,1-2H3/t11?,12?,13?,15?,18-,19+/m1/s1. The lowest BCUT2D eigenvalue weighted by Crippen LogP contribution is -2.51. The van der Waals surface area contributed by atoms with Crippen molar-refractivity contribution in [1.29, 1.82) is 0 Å². The van der Waals surface area contributed by atoms with Crippen LogP contribution in [-0.2, 0) is 4.79 Å². The number of rotatable bonds is 0. The summed E-state index contributed by atoms with van der Waals surface area (Å²) in [4.78, 5) is 11.9. The lowest BCUT2D eigenvalue weighted by Gasteiger charge is -2.55. The van der Waals surface area contributed by atoms with Gasteiger partial charge in [-0.3, -0.25) is 4.79 Å². The Labute approximate surface area is 138 Å². The monoisotopic (exact) mass is 322 g/mol. The number of Topliss-reactive ketones (excluding diaryl/α,β-unsaturated/α-hetero) is 1. The molecule has 0 saturated heterocycles. The van der Waals surface area contributed by atoms with Crippen LogP contribution in [0.1, 0.15) is 65.2 Å². The van der Waals surface area contributed by atoms with E-state index in [9.17, 15) is 9.90 Å². The number of hydrogen-bond donors (Lipinski definition) is 1. The maximum absolute atomic E-state index is 11.9. The quantitative estimate of drug-likeness (QED) is 0.715. The Morgan fingerprint density at radius 2 is 1.82 bits per heavy atom. The fourth-order valence-corrected chi connectivity index (χ4v) is 6.81. The van der Waals surface area contributed by atoms with Gasteiger partial charge in [-0.05, 0) is 86.5 Å². The molecule has 0 aromatic rings. The van der Waals surface area contributed by atoms with Crippen LogP contribution in [0.2, 0.25) is 0 Å². The number of ketones is 1. The highest BCUT2D eigenvalue weighted by molar-refractivity contribution is 6.43. The summed E-state index contributed by atoms with van der Waals surface area (Å²) in [5, 5.41) is 11.4. The van der Waals surface area contributed by atoms with E-state index < -0.39 is 5.60 Å². The van der Waals surface area contributed by atoms with Crippen molar-refractivity contribution in [3.05, 3.63) is 10.6 Å². The Morgan fingerprint density at radius 3 is 2.59 bits per heavy atom. The normalized spacial score (nSPS) is 51.4. The third-order valence-corrected chi connectivity index (χ3v) is 8.43. The second kappa shape index (κ2) is 4.83. The summed E-state index contributed by atoms with van der Waals surface area (Å²) in [7, 11) is 0. The molecule has 4 aliphatic carbocycles. The molecule has 0 bridgehead atoms. The van der Waals surface area contributed by atoms with E-state index in [4.69, 9.17) is 11.6 Å². The molecule has 0 radical (unpaired) electrons. The smallest absolute Gasteiger partial charge is 0.174 e. The average molecular weight is 323 g/mol. The van der Waals surface area contributed by atoms with Crippen LogP contribution in [0.4, 0.5) is 0 Å². The molecule has 0 heterocycles. The van der Waals surface area contributed by atoms with E-state index in [0.29, 0.717) is 29.2 Å². The minimum atomic E-state index is -0.501. The van der Waals surface area contributed by atoms with E-state index in [0.717, 1.165) is 38.0 Å². The third-order valence-electron chi connectivity index (χ3n) is 7.98. The van der Waals surface area contributed by atoms with Crippen molar-refractivity contribution < 1.29 is 9.90 Å². The number of hydrogen-bond acceptors (Lipinski definition) is 2. The van der Waals surface area contributed by atoms with Crippen molar-refractivity contribution in [1.82, 2.24) is 0 Å². The van der Waals surface area contributed by atoms with Gasteiger partial charge in [-0.1, -0.05) is 18.5 Å². The molecule has 1 N–H and O–H groups in total. The Hall–Kier alpha value is -0.340. The highest BCUT2D eigenvalue weighted by atomic mass is 35.5. The molecule has 122 valence electrons. The first-order valence-corrected chi connectivity index (χ1v) is 9.37. The maximum atomic E-state index is 11.9. The topological polar surface area (TPSA) is 37.3 Å². The van der Waals surface area contributed by atoms with Gasteiger partial charge in [0.05, 0.1) is 10.6 Å². The van der Waals surface area contributed by atoms with Gasteiger partial charge in [-0.25, -0.2) is 0 Å². The molecule has 22 heavy (non-hydrogen) atoms. The predicted molar refractivity (Wildman–Crippen MR) is 87.5 cm³/mol. The van der Waals surface area contributed by atoms with Gasteiger partial charge in [-0.2, -0.15) is 0 Å². The zero-order valence-electron chi connectivity index (χ0n) is 13.7. The van der Waals surface area contributed by atoms with Crippen molar-refractivity contribution in [3.8, 4) is 0 Å². The molecule has 3 saturated carbocycles. The van der Waals surface area contributed by atoms with Gasteiger partial charge >= 0.3 is 0 Å². The molecule has 0 amide bonds. The Morgan fingerprint density at radius 1 is 1.05 bits per heavy atom. The molecule has 3 fully saturated rings. The van der Waals surface area contributed by atoms with E-state index in [1.165, 1.54) is 18.4 Å². The van der Waals surface area contributed by atoms with Crippen LogP contribution in [0.3, 0.4) is 0 Å². The third kappa shape index (κ3) is 1.86. The SMILES string of the molecule is C[C@]1(O)CCC2C3CCC4=C(Cl)C(=O)CCC4C3CC[C@]21C. The van der Waals surface area contributed by atoms with Crippen LogP contribution in [-0.4, -0.2) is 16.5 Å². The summed E-state index contributed by atoms with van der Waals surface area (Å²) >= 11 is 6.35. The predicted octanol–water partition coefficient (Wildman–Crippen LogP) is 4.45. The minimum absolute atomic E-state index is 0.0870. The molecule has 0 aromatic heterocycles. The number of carbonyl (C=O) groups is 1. The van der Waals surface area contributed by atoms with Crippen LogP contribution >= 0.6 is 11.6 Å². The number of aliphatic hydroxyl groups is 1. The molecule has 2 nitrogen and oxygen atoms in total. The summed E-state index contributed by atoms with van der Waals surface area (Å²) in [6.45, 7) is 4.38. The number of carbonyl (C=O) groups excluding carboxylic acids is 1. The molecule has 0 aliphatic heterocycles. The maximum Gasteiger partial charge on any atom is 0.174 e. The lowest BCUT2D eigenvalue weighted by molar-refractivity contribution is -0.118. The zero-order valence-corrected chi connectivity index (χ0v) is 14.5. The van der Waals surface area contributed by atoms with Crippen LogP contribution in [0.15, 0.2) is 10.6 Å². The number of fused-ring (bicyclic) bond motifs is 5. The van der Waals surface area contributed by atoms with Crippen molar-refractivity contribution in [2.24, 2.45) is 29.1 Å². The summed E-state index contributed by atoms with van der Waals surface area (Å²) in [6.07, 6.45) is 8.25. The molecular formula is C19H27ClO2. The first-order chi connectivity index (χ1) is 10.3. The molecule has 3 heteroatoms. The minimum Gasteiger partial charge on any atom is -0.390 e. The van der Waals surface area contributed by atoms with Crippen LogP contribution < -0.4 is 0 Å². The summed E-state index contributed by atoms with van der Waals surface area (Å²) in [5.41, 5.74) is 0.857. The van der Waals surface area contributed by atoms with Gasteiger partial charge in [0.25, 0.3) is 0 Å². The van der Waals surface area contributed by atoms with Crippen molar-refractivity contribution >= 4 is 17.4 Å². The average Bonchev–Trinajstić information content (AvgIpc) is 2.73. The van der Waals surface area contributed by atoms with E-state index in [1.54, 1.807) is 0 Å². The highest BCUT2D eigenvalue weighted by Gasteiger charge is 2.60. The zero-order chi connectivity index (χ0) is 15.7. The molecule has 0 spiro atoms. The van der Waals surface area contributed by atoms with Gasteiger partial charge in [0.2, 0.25) is 0 Å². The molecule has 4 rings (SSSR count). The second-order valence-electron chi connectivity index (χ2n) is 8.65. The van der Waals surface area contributed by atoms with E-state index >= 15 is 0 Å². The number of halogens is 1. The first kappa shape index (κ1) is 15.2. The summed E-state index contributed by atoms with van der Waals surface area (Å²) < 4.78 is 0. The highest BCUT2D eigenvalue weighted by Crippen LogP contribution is 2.65. The lowest BCUT2D eigenvalue weighted by atomic mass is 9.51. The van der Waals surface area contributed by atoms with Gasteiger partial charge < -0.3 is 5.11 Å². The Kier molecular flexibility index (Phi) is 3.34. The fraction of sp³-hybridized carbons (Fsp3) is 0.842. The molecule has 0 aromatic carbocycles. The van der Waals surface area contributed by atoms with E-state index in [1.807, 2.05) is 0 Å². The van der Waals surface area contributed by atoms with Crippen LogP contribution in [0, 0.1) is 29.1 Å². The Bertz CT molecular complexity index is 550. The summed E-state index contributed by atoms with van der Waals surface area (Å²) in [6, 6.07) is 0. The fourth-order valence-electron chi connectivity index (χ4n) is 6.48. The van der Waals surface area contributed by atoms with Crippen molar-refractivity contribution in [3.63, 3.8) is 0 Å². The second-order valence-corrected chi connectivity index (χ2v) is 9.03. The number of allylic oxidation sites excluding steroid dienone is 1. The van der Waals surface area contributed by atoms with Crippen molar-refractivity contribution in [2.45, 2.75) is 70.8 Å². The molecule has 4 unspecified atom stereocenters. The van der Waals surface area contributed by atoms with Crippen molar-refractivity contribution in [2.75, 3.05) is 0 Å².